The number of nitrogens with one attached hydrogen (secondary N) is 2. The summed E-state index contributed by atoms with van der Waals surface area (Å²) in [4.78, 5) is 24.5. The first-order valence-corrected chi connectivity index (χ1v) is 6.24. The van der Waals surface area contributed by atoms with Crippen molar-refractivity contribution in [2.75, 3.05) is 20.6 Å². The van der Waals surface area contributed by atoms with E-state index in [4.69, 9.17) is 0 Å². The number of hydrogen-bond acceptors (Lipinski definition) is 3. The average molecular weight is 241 g/mol. The van der Waals surface area contributed by atoms with E-state index in [1.807, 2.05) is 11.9 Å². The Morgan fingerprint density at radius 3 is 2.35 bits per heavy atom. The molecule has 0 aromatic rings. The number of hydrogen-bond donors (Lipinski definition) is 2. The lowest BCUT2D eigenvalue weighted by atomic mass is 9.87. The van der Waals surface area contributed by atoms with Crippen molar-refractivity contribution in [3.63, 3.8) is 0 Å². The zero-order valence-corrected chi connectivity index (χ0v) is 11.0. The monoisotopic (exact) mass is 241 g/mol. The number of likely N-dealkylation sites (N-methyl/N-ethyl adjacent to an activating group) is 1. The molecule has 1 aliphatic rings. The van der Waals surface area contributed by atoms with Crippen LogP contribution in [-0.4, -0.2) is 43.5 Å². The Morgan fingerprint density at radius 1 is 1.24 bits per heavy atom. The van der Waals surface area contributed by atoms with Crippen molar-refractivity contribution >= 4 is 11.9 Å². The third-order valence-electron chi connectivity index (χ3n) is 3.48. The predicted molar refractivity (Wildman–Crippen MR) is 66.6 cm³/mol. The van der Waals surface area contributed by atoms with Gasteiger partial charge in [0.05, 0.1) is 6.54 Å². The highest BCUT2D eigenvalue weighted by atomic mass is 16.2. The maximum absolute atomic E-state index is 11.5. The Morgan fingerprint density at radius 2 is 1.82 bits per heavy atom. The van der Waals surface area contributed by atoms with Crippen LogP contribution in [0.2, 0.25) is 0 Å². The smallest absolute Gasteiger partial charge is 0.321 e. The van der Waals surface area contributed by atoms with Gasteiger partial charge in [-0.1, -0.05) is 6.92 Å². The molecular formula is C12H23N3O2. The summed E-state index contributed by atoms with van der Waals surface area (Å²) < 4.78 is 0. The Hall–Kier alpha value is -1.10. The van der Waals surface area contributed by atoms with Crippen LogP contribution < -0.4 is 10.6 Å². The third kappa shape index (κ3) is 4.73. The Labute approximate surface area is 103 Å². The van der Waals surface area contributed by atoms with E-state index in [1.165, 1.54) is 19.9 Å². The molecule has 0 radical (unpaired) electrons. The van der Waals surface area contributed by atoms with Crippen molar-refractivity contribution in [3.05, 3.63) is 0 Å². The number of carbonyl (C=O) groups excluding carboxylic acids is 2. The van der Waals surface area contributed by atoms with Gasteiger partial charge in [-0.2, -0.15) is 0 Å². The molecule has 0 saturated heterocycles. The van der Waals surface area contributed by atoms with E-state index >= 15 is 0 Å². The van der Waals surface area contributed by atoms with E-state index in [0.29, 0.717) is 6.04 Å². The summed E-state index contributed by atoms with van der Waals surface area (Å²) in [6, 6.07) is 0.0299. The lowest BCUT2D eigenvalue weighted by Crippen LogP contribution is -2.45. The molecule has 0 spiro atoms. The lowest BCUT2D eigenvalue weighted by Gasteiger charge is -2.33. The molecule has 1 rings (SSSR count). The molecule has 98 valence electrons. The van der Waals surface area contributed by atoms with Crippen LogP contribution >= 0.6 is 0 Å². The molecular weight excluding hydrogens is 218 g/mol. The van der Waals surface area contributed by atoms with Gasteiger partial charge >= 0.3 is 6.03 Å². The zero-order valence-electron chi connectivity index (χ0n) is 11.0. The van der Waals surface area contributed by atoms with Gasteiger partial charge in [0, 0.05) is 13.1 Å². The summed E-state index contributed by atoms with van der Waals surface area (Å²) in [5.41, 5.74) is 0. The van der Waals surface area contributed by atoms with E-state index < -0.39 is 6.03 Å². The molecule has 5 heteroatoms. The fraction of sp³-hybridized carbons (Fsp3) is 0.833. The van der Waals surface area contributed by atoms with E-state index in [9.17, 15) is 9.59 Å². The van der Waals surface area contributed by atoms with Gasteiger partial charge < -0.3 is 5.32 Å². The fourth-order valence-corrected chi connectivity index (χ4v) is 2.27. The molecule has 0 aliphatic heterocycles. The van der Waals surface area contributed by atoms with Crippen molar-refractivity contribution in [2.45, 2.75) is 38.6 Å². The first-order valence-electron chi connectivity index (χ1n) is 6.24. The van der Waals surface area contributed by atoms with Crippen LogP contribution in [0.15, 0.2) is 0 Å². The number of carbonyl (C=O) groups is 2. The van der Waals surface area contributed by atoms with Crippen LogP contribution in [0.3, 0.4) is 0 Å². The van der Waals surface area contributed by atoms with Gasteiger partial charge in [0.2, 0.25) is 5.91 Å². The highest BCUT2D eigenvalue weighted by molar-refractivity contribution is 5.95. The SMILES string of the molecule is CNC(=O)NC(=O)CN(C)C1CCC(C)CC1. The van der Waals surface area contributed by atoms with Crippen molar-refractivity contribution in [1.29, 1.82) is 0 Å². The molecule has 0 atom stereocenters. The summed E-state index contributed by atoms with van der Waals surface area (Å²) in [7, 11) is 3.44. The van der Waals surface area contributed by atoms with Crippen molar-refractivity contribution < 1.29 is 9.59 Å². The van der Waals surface area contributed by atoms with E-state index in [2.05, 4.69) is 17.6 Å². The number of rotatable bonds is 3. The Bertz CT molecular complexity index is 273. The normalized spacial score (nSPS) is 24.5. The van der Waals surface area contributed by atoms with Crippen LogP contribution in [0, 0.1) is 5.92 Å². The van der Waals surface area contributed by atoms with Crippen LogP contribution in [0.1, 0.15) is 32.6 Å². The largest absolute Gasteiger partial charge is 0.341 e. The van der Waals surface area contributed by atoms with Crippen LogP contribution in [0.5, 0.6) is 0 Å². The van der Waals surface area contributed by atoms with Crippen molar-refractivity contribution in [2.24, 2.45) is 5.92 Å². The number of nitrogens with zero attached hydrogens (tertiary/aromatic N) is 1. The third-order valence-corrected chi connectivity index (χ3v) is 3.48. The zero-order chi connectivity index (χ0) is 12.8. The van der Waals surface area contributed by atoms with Crippen LogP contribution in [-0.2, 0) is 4.79 Å². The molecule has 0 aromatic carbocycles. The summed E-state index contributed by atoms with van der Waals surface area (Å²) in [5.74, 6) is 0.560. The second-order valence-corrected chi connectivity index (χ2v) is 4.96. The minimum Gasteiger partial charge on any atom is -0.341 e. The number of urea groups is 1. The molecule has 1 saturated carbocycles. The lowest BCUT2D eigenvalue weighted by molar-refractivity contribution is -0.121. The van der Waals surface area contributed by atoms with Crippen molar-refractivity contribution in [1.82, 2.24) is 15.5 Å². The van der Waals surface area contributed by atoms with E-state index in [0.717, 1.165) is 18.8 Å². The van der Waals surface area contributed by atoms with Crippen LogP contribution in [0.25, 0.3) is 0 Å². The molecule has 0 aromatic heterocycles. The highest BCUT2D eigenvalue weighted by Gasteiger charge is 2.23. The van der Waals surface area contributed by atoms with Gasteiger partial charge in [0.25, 0.3) is 0 Å². The summed E-state index contributed by atoms with van der Waals surface area (Å²) in [6.45, 7) is 2.56. The molecule has 0 bridgehead atoms. The molecule has 1 fully saturated rings. The Balaban J connectivity index is 2.30. The Kier molecular flexibility index (Phi) is 5.41. The fourth-order valence-electron chi connectivity index (χ4n) is 2.27. The van der Waals surface area contributed by atoms with Gasteiger partial charge in [-0.15, -0.1) is 0 Å². The number of amides is 3. The van der Waals surface area contributed by atoms with Crippen molar-refractivity contribution in [3.8, 4) is 0 Å². The first-order chi connectivity index (χ1) is 8.02. The first kappa shape index (κ1) is 14.0. The topological polar surface area (TPSA) is 61.4 Å². The van der Waals surface area contributed by atoms with Gasteiger partial charge in [0.15, 0.2) is 0 Å². The summed E-state index contributed by atoms with van der Waals surface area (Å²) >= 11 is 0. The van der Waals surface area contributed by atoms with E-state index in [-0.39, 0.29) is 12.5 Å². The molecule has 17 heavy (non-hydrogen) atoms. The van der Waals surface area contributed by atoms with Gasteiger partial charge in [-0.05, 0) is 38.6 Å². The standard InChI is InChI=1S/C12H23N3O2/c1-9-4-6-10(7-5-9)15(3)8-11(16)14-12(17)13-2/h9-10H,4-8H2,1-3H3,(H2,13,14,16,17). The van der Waals surface area contributed by atoms with Crippen LogP contribution in [0.4, 0.5) is 4.79 Å². The molecule has 1 aliphatic carbocycles. The molecule has 2 N–H and O–H groups in total. The van der Waals surface area contributed by atoms with Gasteiger partial charge in [-0.3, -0.25) is 15.0 Å². The molecule has 3 amide bonds. The van der Waals surface area contributed by atoms with Gasteiger partial charge in [0.1, 0.15) is 0 Å². The molecule has 5 nitrogen and oxygen atoms in total. The quantitative estimate of drug-likeness (QED) is 0.773. The number of imide groups is 1. The summed E-state index contributed by atoms with van der Waals surface area (Å²) in [6.07, 6.45) is 4.74. The second-order valence-electron chi connectivity index (χ2n) is 4.96. The summed E-state index contributed by atoms with van der Waals surface area (Å²) in [5, 5.41) is 4.64. The maximum atomic E-state index is 11.5. The maximum Gasteiger partial charge on any atom is 0.321 e. The predicted octanol–water partition coefficient (Wildman–Crippen LogP) is 0.952. The second kappa shape index (κ2) is 6.59. The minimum atomic E-state index is -0.444. The van der Waals surface area contributed by atoms with E-state index in [1.54, 1.807) is 0 Å². The average Bonchev–Trinajstić information content (AvgIpc) is 2.29. The highest BCUT2D eigenvalue weighted by Crippen LogP contribution is 2.26. The molecule has 0 unspecified atom stereocenters. The minimum absolute atomic E-state index is 0.245. The molecule has 0 heterocycles. The van der Waals surface area contributed by atoms with Gasteiger partial charge in [-0.25, -0.2) is 4.79 Å².